The number of nitrogens with zero attached hydrogens (tertiary/aromatic N) is 4. The molecule has 7 heteroatoms. The van der Waals surface area contributed by atoms with E-state index in [-0.39, 0.29) is 5.91 Å². The molecule has 0 radical (unpaired) electrons. The highest BCUT2D eigenvalue weighted by Crippen LogP contribution is 2.39. The smallest absolute Gasteiger partial charge is 0.276 e. The van der Waals surface area contributed by atoms with Crippen LogP contribution in [0.4, 0.5) is 11.4 Å². The van der Waals surface area contributed by atoms with Crippen LogP contribution in [0.2, 0.25) is 0 Å². The largest absolute Gasteiger partial charge is 0.351 e. The van der Waals surface area contributed by atoms with Gasteiger partial charge in [-0.15, -0.1) is 0 Å². The Morgan fingerprint density at radius 2 is 1.89 bits per heavy atom. The van der Waals surface area contributed by atoms with Crippen LogP contribution in [-0.2, 0) is 0 Å². The maximum absolute atomic E-state index is 13.6. The standard InChI is InChI=1S/C31H38N6O/c1-5-10-22(6-2)25(7-3)26(28-11-8-9-16-34-28)17-21(4)35-31(38)30-29(36-24-18-32-20-33-19-24)15-14-27(37-30)23-12-13-23/h8-9,11,14-20,22-23,36H,5-7,10,12-13H2,1-4H3,(H,35,38)/b21-17+,26-25+. The van der Waals surface area contributed by atoms with Crippen LogP contribution in [0.5, 0.6) is 0 Å². The highest BCUT2D eigenvalue weighted by Gasteiger charge is 2.27. The van der Waals surface area contributed by atoms with Crippen molar-refractivity contribution in [3.05, 3.63) is 89.7 Å². The van der Waals surface area contributed by atoms with Gasteiger partial charge >= 0.3 is 0 Å². The molecule has 3 heterocycles. The van der Waals surface area contributed by atoms with E-state index in [1.807, 2.05) is 43.5 Å². The summed E-state index contributed by atoms with van der Waals surface area (Å²) in [7, 11) is 0. The van der Waals surface area contributed by atoms with Crippen LogP contribution in [-0.4, -0.2) is 25.8 Å². The lowest BCUT2D eigenvalue weighted by atomic mass is 9.85. The van der Waals surface area contributed by atoms with E-state index in [4.69, 9.17) is 4.98 Å². The van der Waals surface area contributed by atoms with E-state index >= 15 is 0 Å². The molecule has 0 aromatic carbocycles. The van der Waals surface area contributed by atoms with Crippen LogP contribution < -0.4 is 10.6 Å². The number of allylic oxidation sites excluding steroid dienone is 4. The van der Waals surface area contributed by atoms with Crippen molar-refractivity contribution < 1.29 is 4.79 Å². The van der Waals surface area contributed by atoms with Gasteiger partial charge in [-0.1, -0.05) is 38.8 Å². The zero-order chi connectivity index (χ0) is 26.9. The molecule has 3 aromatic rings. The minimum Gasteiger partial charge on any atom is -0.351 e. The fourth-order valence-corrected chi connectivity index (χ4v) is 4.89. The van der Waals surface area contributed by atoms with Gasteiger partial charge in [0.15, 0.2) is 5.69 Å². The Balaban J connectivity index is 1.67. The monoisotopic (exact) mass is 510 g/mol. The molecular formula is C31H38N6O. The summed E-state index contributed by atoms with van der Waals surface area (Å²) in [4.78, 5) is 31.2. The van der Waals surface area contributed by atoms with Crippen molar-refractivity contribution >= 4 is 22.9 Å². The average molecular weight is 511 g/mol. The molecule has 38 heavy (non-hydrogen) atoms. The molecular weight excluding hydrogens is 472 g/mol. The number of rotatable bonds is 12. The van der Waals surface area contributed by atoms with Gasteiger partial charge in [0.2, 0.25) is 0 Å². The zero-order valence-corrected chi connectivity index (χ0v) is 22.9. The van der Waals surface area contributed by atoms with Crippen molar-refractivity contribution in [2.75, 3.05) is 5.32 Å². The minimum absolute atomic E-state index is 0.250. The summed E-state index contributed by atoms with van der Waals surface area (Å²) < 4.78 is 0. The highest BCUT2D eigenvalue weighted by molar-refractivity contribution is 5.99. The average Bonchev–Trinajstić information content (AvgIpc) is 3.79. The number of carbonyl (C=O) groups is 1. The molecule has 1 atom stereocenters. The molecule has 0 saturated heterocycles. The second-order valence-electron chi connectivity index (χ2n) is 9.84. The van der Waals surface area contributed by atoms with E-state index in [2.05, 4.69) is 52.4 Å². The molecule has 0 bridgehead atoms. The molecule has 2 N–H and O–H groups in total. The van der Waals surface area contributed by atoms with Gasteiger partial charge < -0.3 is 10.6 Å². The number of carbonyl (C=O) groups excluding carboxylic acids is 1. The highest BCUT2D eigenvalue weighted by atomic mass is 16.1. The first-order chi connectivity index (χ1) is 18.5. The molecule has 0 spiro atoms. The maximum Gasteiger partial charge on any atom is 0.276 e. The van der Waals surface area contributed by atoms with Crippen LogP contribution in [0.25, 0.3) is 5.57 Å². The maximum atomic E-state index is 13.6. The molecule has 3 aromatic heterocycles. The van der Waals surface area contributed by atoms with Crippen molar-refractivity contribution in [2.45, 2.75) is 72.1 Å². The van der Waals surface area contributed by atoms with Crippen LogP contribution in [0.1, 0.15) is 94.0 Å². The molecule has 1 unspecified atom stereocenters. The van der Waals surface area contributed by atoms with Gasteiger partial charge in [0.25, 0.3) is 5.91 Å². The van der Waals surface area contributed by atoms with Crippen molar-refractivity contribution in [3.8, 4) is 0 Å². The van der Waals surface area contributed by atoms with E-state index in [1.165, 1.54) is 11.9 Å². The Hall–Kier alpha value is -3.87. The van der Waals surface area contributed by atoms with Crippen LogP contribution in [0.3, 0.4) is 0 Å². The summed E-state index contributed by atoms with van der Waals surface area (Å²) in [6, 6.07) is 9.90. The number of nitrogens with one attached hydrogen (secondary N) is 2. The molecule has 1 saturated carbocycles. The van der Waals surface area contributed by atoms with E-state index in [0.717, 1.165) is 61.2 Å². The molecule has 7 nitrogen and oxygen atoms in total. The van der Waals surface area contributed by atoms with Gasteiger partial charge in [-0.05, 0) is 75.3 Å². The normalized spacial score (nSPS) is 15.0. The van der Waals surface area contributed by atoms with Crippen molar-refractivity contribution in [2.24, 2.45) is 5.92 Å². The minimum atomic E-state index is -0.250. The fraction of sp³-hybridized carbons (Fsp3) is 0.387. The molecule has 1 fully saturated rings. The zero-order valence-electron chi connectivity index (χ0n) is 22.9. The Kier molecular flexibility index (Phi) is 9.35. The first-order valence-corrected chi connectivity index (χ1v) is 13.7. The Labute approximate surface area is 226 Å². The SMILES string of the molecule is CCCC(CC)/C(CC)=C(\C=C(/C)NC(=O)c1nc(C2CC2)ccc1Nc1cncnc1)c1ccccn1. The van der Waals surface area contributed by atoms with Crippen molar-refractivity contribution in [1.82, 2.24) is 25.3 Å². The van der Waals surface area contributed by atoms with Gasteiger partial charge in [0.1, 0.15) is 6.33 Å². The summed E-state index contributed by atoms with van der Waals surface area (Å²) in [5, 5.41) is 6.36. The lowest BCUT2D eigenvalue weighted by Gasteiger charge is -2.21. The van der Waals surface area contributed by atoms with E-state index < -0.39 is 0 Å². The summed E-state index contributed by atoms with van der Waals surface area (Å²) in [6.07, 6.45) is 15.2. The van der Waals surface area contributed by atoms with E-state index in [1.54, 1.807) is 12.4 Å². The van der Waals surface area contributed by atoms with E-state index in [0.29, 0.717) is 28.9 Å². The first-order valence-electron chi connectivity index (χ1n) is 13.7. The Bertz CT molecular complexity index is 1280. The number of hydrogen-bond donors (Lipinski definition) is 2. The lowest BCUT2D eigenvalue weighted by Crippen LogP contribution is -2.24. The lowest BCUT2D eigenvalue weighted by molar-refractivity contribution is 0.0962. The van der Waals surface area contributed by atoms with Gasteiger partial charge in [-0.25, -0.2) is 15.0 Å². The fourth-order valence-electron chi connectivity index (χ4n) is 4.89. The second-order valence-corrected chi connectivity index (χ2v) is 9.84. The Morgan fingerprint density at radius 3 is 2.53 bits per heavy atom. The van der Waals surface area contributed by atoms with E-state index in [9.17, 15) is 4.79 Å². The predicted octanol–water partition coefficient (Wildman–Crippen LogP) is 7.21. The molecule has 4 rings (SSSR count). The molecule has 1 aliphatic carbocycles. The van der Waals surface area contributed by atoms with Gasteiger partial charge in [-0.3, -0.25) is 9.78 Å². The van der Waals surface area contributed by atoms with Crippen LogP contribution >= 0.6 is 0 Å². The molecule has 1 aliphatic rings. The second kappa shape index (κ2) is 13.1. The first kappa shape index (κ1) is 27.2. The third-order valence-corrected chi connectivity index (χ3v) is 6.93. The third-order valence-electron chi connectivity index (χ3n) is 6.93. The topological polar surface area (TPSA) is 92.7 Å². The summed E-state index contributed by atoms with van der Waals surface area (Å²) in [6.45, 7) is 8.61. The van der Waals surface area contributed by atoms with Crippen LogP contribution in [0, 0.1) is 5.92 Å². The summed E-state index contributed by atoms with van der Waals surface area (Å²) in [5.74, 6) is 0.657. The molecule has 0 aliphatic heterocycles. The number of pyridine rings is 2. The summed E-state index contributed by atoms with van der Waals surface area (Å²) in [5.41, 5.74) is 6.78. The molecule has 1 amide bonds. The quantitative estimate of drug-likeness (QED) is 0.250. The summed E-state index contributed by atoms with van der Waals surface area (Å²) >= 11 is 0. The van der Waals surface area contributed by atoms with Gasteiger partial charge in [-0.2, -0.15) is 0 Å². The predicted molar refractivity (Wildman–Crippen MR) is 153 cm³/mol. The number of anilines is 2. The van der Waals surface area contributed by atoms with Gasteiger partial charge in [0.05, 0.1) is 29.5 Å². The number of amides is 1. The van der Waals surface area contributed by atoms with Crippen molar-refractivity contribution in [1.29, 1.82) is 0 Å². The third kappa shape index (κ3) is 6.91. The number of hydrogen-bond acceptors (Lipinski definition) is 6. The molecule has 198 valence electrons. The Morgan fingerprint density at radius 1 is 1.11 bits per heavy atom. The number of aromatic nitrogens is 4. The van der Waals surface area contributed by atoms with Crippen LogP contribution in [0.15, 0.2) is 72.6 Å². The van der Waals surface area contributed by atoms with Gasteiger partial charge in [0, 0.05) is 29.1 Å². The van der Waals surface area contributed by atoms with Crippen molar-refractivity contribution in [3.63, 3.8) is 0 Å².